The van der Waals surface area contributed by atoms with Crippen molar-refractivity contribution in [1.29, 1.82) is 0 Å². The van der Waals surface area contributed by atoms with Gasteiger partial charge in [-0.3, -0.25) is 19.2 Å². The van der Waals surface area contributed by atoms with Crippen LogP contribution in [0.2, 0.25) is 5.02 Å². The Hall–Kier alpha value is -2.75. The molecule has 0 aliphatic heterocycles. The molecule has 1 aromatic rings. The number of carboxylic acids is 1. The number of esters is 1. The maximum Gasteiger partial charge on any atom is 0.309 e. The Morgan fingerprint density at radius 3 is 2.15 bits per heavy atom. The molecule has 0 radical (unpaired) electrons. The van der Waals surface area contributed by atoms with Crippen LogP contribution < -0.4 is 0 Å². The van der Waals surface area contributed by atoms with E-state index in [-0.39, 0.29) is 76.1 Å². The van der Waals surface area contributed by atoms with Gasteiger partial charge < -0.3 is 24.7 Å². The molecule has 6 rings (SSSR count). The van der Waals surface area contributed by atoms with Crippen molar-refractivity contribution in [3.8, 4) is 0 Å². The van der Waals surface area contributed by atoms with Gasteiger partial charge in [-0.25, -0.2) is 0 Å². The molecule has 9 unspecified atom stereocenters. The number of hydrogen-bond donors (Lipinski definition) is 2. The van der Waals surface area contributed by atoms with Crippen molar-refractivity contribution >= 4 is 35.2 Å². The molecular weight excluding hydrogens is 776 g/mol. The zero-order chi connectivity index (χ0) is 44.8. The minimum absolute atomic E-state index is 0.0213. The fourth-order valence-corrected chi connectivity index (χ4v) is 14.4. The van der Waals surface area contributed by atoms with Crippen molar-refractivity contribution in [2.45, 2.75) is 166 Å². The number of hydrogen-bond acceptors (Lipinski definition) is 7. The van der Waals surface area contributed by atoms with Crippen LogP contribution in [0.3, 0.4) is 0 Å². The highest BCUT2D eigenvalue weighted by Crippen LogP contribution is 2.79. The molecule has 4 fully saturated rings. The summed E-state index contributed by atoms with van der Waals surface area (Å²) >= 11 is 6.42. The number of carbonyl (C=O) groups is 4. The number of ether oxygens (including phenoxy) is 1. The Kier molecular flexibility index (Phi) is 12.3. The summed E-state index contributed by atoms with van der Waals surface area (Å²) in [6.45, 7) is 24.6. The second-order valence-corrected chi connectivity index (χ2v) is 23.1. The van der Waals surface area contributed by atoms with Crippen LogP contribution in [0.15, 0.2) is 29.3 Å². The summed E-state index contributed by atoms with van der Waals surface area (Å²) in [6, 6.07) is 5.79. The summed E-state index contributed by atoms with van der Waals surface area (Å²) in [6.07, 6.45) is 6.08. The van der Waals surface area contributed by atoms with Crippen molar-refractivity contribution in [3.63, 3.8) is 0 Å². The molecule has 5 aliphatic rings. The number of ketones is 1. The van der Waals surface area contributed by atoms with E-state index in [0.29, 0.717) is 30.5 Å². The second-order valence-electron chi connectivity index (χ2n) is 22.7. The highest BCUT2D eigenvalue weighted by molar-refractivity contribution is 6.30. The van der Waals surface area contributed by atoms with Crippen LogP contribution in [0.25, 0.3) is 0 Å². The molecule has 5 aliphatic carbocycles. The lowest BCUT2D eigenvalue weighted by Gasteiger charge is -2.75. The number of aliphatic hydroxyl groups is 1. The van der Waals surface area contributed by atoms with Gasteiger partial charge in [-0.05, 0) is 148 Å². The lowest BCUT2D eigenvalue weighted by Crippen LogP contribution is -2.69. The average molecular weight is 852 g/mol. The number of Topliss-reactive ketones (excluding diaryl/α,β-unsaturated/α-hetero) is 1. The molecule has 9 nitrogen and oxygen atoms in total. The molecule has 0 saturated heterocycles. The van der Waals surface area contributed by atoms with Gasteiger partial charge in [-0.2, -0.15) is 0 Å². The molecule has 1 aromatic carbocycles. The monoisotopic (exact) mass is 851 g/mol. The topological polar surface area (TPSA) is 124 Å². The van der Waals surface area contributed by atoms with E-state index in [1.54, 1.807) is 25.7 Å². The van der Waals surface area contributed by atoms with E-state index in [4.69, 9.17) is 16.3 Å². The Labute approximate surface area is 365 Å². The molecule has 9 atom stereocenters. The van der Waals surface area contributed by atoms with Crippen molar-refractivity contribution in [2.75, 3.05) is 20.6 Å². The maximum absolute atomic E-state index is 14.4. The number of allylic oxidation sites excluding steroid dienone is 1. The highest BCUT2D eigenvalue weighted by atomic mass is 35.5. The first-order chi connectivity index (χ1) is 27.6. The standard InChI is InChI=1S/C50H75ClN2O7/c1-30(2)41-36(55)25-50(38(56)29-53(31(3)54)28-32-14-15-34(51)24-33(32)27-52(12)13)23-21-46(8)35(42(41)50)16-17-37-47(46,9)20-22-49(11)45(6,7)39(18-19-48(37,49)10)60-40(57)26-44(4,5)43(58)59/h14-15,24,30,35,37-39,56H,16-23,25-29H2,1-13H3,(H,58,59). The van der Waals surface area contributed by atoms with Gasteiger partial charge in [-0.15, -0.1) is 0 Å². The predicted octanol–water partition coefficient (Wildman–Crippen LogP) is 9.89. The number of aliphatic carboxylic acids is 1. The smallest absolute Gasteiger partial charge is 0.309 e. The van der Waals surface area contributed by atoms with E-state index >= 15 is 0 Å². The van der Waals surface area contributed by atoms with E-state index in [0.717, 1.165) is 61.6 Å². The first kappa shape index (κ1) is 46.7. The van der Waals surface area contributed by atoms with Crippen LogP contribution in [0.5, 0.6) is 0 Å². The summed E-state index contributed by atoms with van der Waals surface area (Å²) in [5.41, 5.74) is 1.50. The van der Waals surface area contributed by atoms with Crippen LogP contribution >= 0.6 is 11.6 Å². The van der Waals surface area contributed by atoms with E-state index in [1.165, 1.54) is 5.57 Å². The number of aliphatic hydroxyl groups excluding tert-OH is 1. The number of amides is 1. The molecule has 0 heterocycles. The summed E-state index contributed by atoms with van der Waals surface area (Å²) in [5.74, 6) is -0.858. The normalized spacial score (nSPS) is 35.4. The maximum atomic E-state index is 14.4. The van der Waals surface area contributed by atoms with Gasteiger partial charge in [0.2, 0.25) is 5.91 Å². The van der Waals surface area contributed by atoms with Crippen LogP contribution in [-0.2, 0) is 37.0 Å². The number of fused-ring (bicyclic) bond motifs is 7. The average Bonchev–Trinajstić information content (AvgIpc) is 3.45. The third-order valence-electron chi connectivity index (χ3n) is 18.5. The van der Waals surface area contributed by atoms with Crippen molar-refractivity contribution < 1.29 is 34.1 Å². The molecular formula is C50H75ClN2O7. The zero-order valence-electron chi connectivity index (χ0n) is 39.0. The molecule has 0 spiro atoms. The third kappa shape index (κ3) is 7.20. The molecule has 0 aromatic heterocycles. The Balaban J connectivity index is 1.31. The molecule has 60 heavy (non-hydrogen) atoms. The first-order valence-electron chi connectivity index (χ1n) is 22.7. The molecule has 4 saturated carbocycles. The summed E-state index contributed by atoms with van der Waals surface area (Å²) in [7, 11) is 4.01. The van der Waals surface area contributed by atoms with Crippen LogP contribution in [-0.4, -0.2) is 76.5 Å². The lowest BCUT2D eigenvalue weighted by atomic mass is 9.29. The summed E-state index contributed by atoms with van der Waals surface area (Å²) in [5, 5.41) is 23.0. The van der Waals surface area contributed by atoms with E-state index in [9.17, 15) is 29.4 Å². The molecule has 334 valence electrons. The lowest BCUT2D eigenvalue weighted by molar-refractivity contribution is -0.272. The fourth-order valence-electron chi connectivity index (χ4n) is 14.2. The predicted molar refractivity (Wildman–Crippen MR) is 236 cm³/mol. The Bertz CT molecular complexity index is 1940. The summed E-state index contributed by atoms with van der Waals surface area (Å²) < 4.78 is 6.25. The molecule has 10 heteroatoms. The van der Waals surface area contributed by atoms with Crippen LogP contribution in [0.4, 0.5) is 0 Å². The third-order valence-corrected chi connectivity index (χ3v) is 18.7. The van der Waals surface area contributed by atoms with E-state index in [1.807, 2.05) is 32.3 Å². The van der Waals surface area contributed by atoms with Gasteiger partial charge in [0.15, 0.2) is 5.78 Å². The Morgan fingerprint density at radius 1 is 0.900 bits per heavy atom. The number of nitrogens with zero attached hydrogens (tertiary/aromatic N) is 2. The van der Waals surface area contributed by atoms with Crippen molar-refractivity contribution in [2.24, 2.45) is 55.7 Å². The minimum atomic E-state index is -1.20. The number of benzene rings is 1. The highest BCUT2D eigenvalue weighted by Gasteiger charge is 2.73. The Morgan fingerprint density at radius 2 is 1.55 bits per heavy atom. The van der Waals surface area contributed by atoms with E-state index < -0.39 is 28.9 Å². The molecule has 1 amide bonds. The number of carboxylic acid groups (broad SMARTS) is 1. The minimum Gasteiger partial charge on any atom is -0.481 e. The van der Waals surface area contributed by atoms with Gasteiger partial charge in [0.1, 0.15) is 6.10 Å². The van der Waals surface area contributed by atoms with Crippen LogP contribution in [0.1, 0.15) is 151 Å². The van der Waals surface area contributed by atoms with Gasteiger partial charge in [0.05, 0.1) is 17.9 Å². The zero-order valence-corrected chi connectivity index (χ0v) is 39.8. The van der Waals surface area contributed by atoms with Gasteiger partial charge in [-0.1, -0.05) is 78.6 Å². The number of carbonyl (C=O) groups excluding carboxylic acids is 3. The largest absolute Gasteiger partial charge is 0.481 e. The number of rotatable bonds is 12. The molecule has 0 bridgehead atoms. The second kappa shape index (κ2) is 15.8. The van der Waals surface area contributed by atoms with Crippen LogP contribution in [0, 0.1) is 55.7 Å². The van der Waals surface area contributed by atoms with Crippen molar-refractivity contribution in [1.82, 2.24) is 9.80 Å². The quantitative estimate of drug-likeness (QED) is 0.199. The first-order valence-corrected chi connectivity index (χ1v) is 23.1. The number of halogens is 1. The summed E-state index contributed by atoms with van der Waals surface area (Å²) in [4.78, 5) is 56.7. The molecule has 2 N–H and O–H groups in total. The SMILES string of the molecule is CC(=O)N(Cc1ccc(Cl)cc1CN(C)C)CC(O)C12CCC3(C)C(CCC4C3(C)CCC3(C)C(C)(C)C(OC(=O)CC(C)(C)C(=O)O)CCC43C)C1=C(C(C)C)C(=O)C2. The van der Waals surface area contributed by atoms with Gasteiger partial charge in [0.25, 0.3) is 0 Å². The fraction of sp³-hybridized carbons (Fsp3) is 0.760. The van der Waals surface area contributed by atoms with Gasteiger partial charge >= 0.3 is 11.9 Å². The van der Waals surface area contributed by atoms with Gasteiger partial charge in [0, 0.05) is 48.8 Å². The van der Waals surface area contributed by atoms with Crippen molar-refractivity contribution in [3.05, 3.63) is 45.5 Å². The van der Waals surface area contributed by atoms with E-state index in [2.05, 4.69) is 60.3 Å².